The molecule has 3 fully saturated rings. The van der Waals surface area contributed by atoms with Crippen LogP contribution in [0.5, 0.6) is 5.75 Å². The van der Waals surface area contributed by atoms with Crippen LogP contribution in [0.2, 0.25) is 0 Å². The maximum atomic E-state index is 15.5. The van der Waals surface area contributed by atoms with E-state index in [1.54, 1.807) is 55.8 Å². The normalized spacial score (nSPS) is 24.9. The highest BCUT2D eigenvalue weighted by Gasteiger charge is 2.45. The molecule has 0 aliphatic carbocycles. The lowest BCUT2D eigenvalue weighted by atomic mass is 10.0. The number of carbonyl (C=O) groups excluding carboxylic acids is 17. The first kappa shape index (κ1) is 101. The first-order valence-electron chi connectivity index (χ1n) is 42.5. The van der Waals surface area contributed by atoms with Gasteiger partial charge in [0.05, 0.1) is 31.9 Å². The molecule has 3 saturated heterocycles. The Morgan fingerprint density at radius 2 is 1.05 bits per heavy atom. The van der Waals surface area contributed by atoms with Gasteiger partial charge in [0.2, 0.25) is 100 Å². The molecular weight excluding hydrogens is 1700 g/mol. The Morgan fingerprint density at radius 1 is 0.539 bits per heavy atom. The number of likely N-dealkylation sites (N-methyl/N-ethyl adjacent to an activating group) is 3. The fraction of sp³-hybridized carbons (Fsp3) is 0.529. The number of aromatic amines is 1. The van der Waals surface area contributed by atoms with Crippen molar-refractivity contribution in [3.8, 4) is 5.75 Å². The van der Waals surface area contributed by atoms with Gasteiger partial charge in [0.15, 0.2) is 5.96 Å². The van der Waals surface area contributed by atoms with Gasteiger partial charge >= 0.3 is 0 Å². The van der Waals surface area contributed by atoms with Crippen LogP contribution in [0.15, 0.2) is 84.4 Å². The van der Waals surface area contributed by atoms with E-state index in [4.69, 9.17) is 22.6 Å². The summed E-state index contributed by atoms with van der Waals surface area (Å²) in [6.45, 7) is 4.94. The number of thiophene rings is 1. The van der Waals surface area contributed by atoms with E-state index in [0.29, 0.717) is 45.8 Å². The number of carbonyl (C=O) groups is 17. The SMILES string of the molecule is CCCC[C@H]1C(=O)N(C)[C@@H](C)C(=O)N[C@@H](CCCNC(=N)N)C(=O)NC(C(=O)NCC(N)=O)CSCC(=O)N[C@@H](Cc2ccc(O)cc2)C(=O)N(C)[C@@H](C)C(=O)N[C@@H](CC(N)=O)C(=O)N2CCC[C@H]2C(=O)N[C@@H](CO)C(=O)NC(CC(C)C)C(=O)N2CCC[C@H]2C(=O)N[C@@H](Cc2c[nH]c3ccccc23)C(=O)N[C@@H](CO)C(=O)N[C@@H](Cc2csc3ccccc23)C(=O)N1C. The minimum Gasteiger partial charge on any atom is -0.508 e. The van der Waals surface area contributed by atoms with E-state index in [1.165, 1.54) is 75.5 Å². The smallest absolute Gasteiger partial charge is 0.246 e. The lowest BCUT2D eigenvalue weighted by Gasteiger charge is -2.35. The van der Waals surface area contributed by atoms with Gasteiger partial charge in [-0.15, -0.1) is 23.1 Å². The van der Waals surface area contributed by atoms with Crippen molar-refractivity contribution < 1.29 is 96.8 Å². The van der Waals surface area contributed by atoms with Crippen molar-refractivity contribution in [2.45, 2.75) is 209 Å². The number of thioether (sulfide) groups is 1. The van der Waals surface area contributed by atoms with E-state index in [-0.39, 0.29) is 102 Å². The highest BCUT2D eigenvalue weighted by molar-refractivity contribution is 8.00. The van der Waals surface area contributed by atoms with Crippen molar-refractivity contribution in [3.05, 3.63) is 101 Å². The van der Waals surface area contributed by atoms with E-state index < -0.39 is 229 Å². The van der Waals surface area contributed by atoms with Crippen molar-refractivity contribution in [1.29, 1.82) is 5.41 Å². The van der Waals surface area contributed by atoms with Crippen molar-refractivity contribution in [2.75, 3.05) is 72.0 Å². The van der Waals surface area contributed by atoms with Crippen LogP contribution >= 0.6 is 23.1 Å². The quantitative estimate of drug-likeness (QED) is 0.0183. The molecule has 43 heteroatoms. The number of aliphatic hydroxyl groups is 2. The molecule has 0 radical (unpaired) electrons. The Hall–Kier alpha value is -12.5. The van der Waals surface area contributed by atoms with E-state index >= 15 is 28.8 Å². The first-order chi connectivity index (χ1) is 60.8. The minimum absolute atomic E-state index is 0.000361. The van der Waals surface area contributed by atoms with Crippen LogP contribution in [0, 0.1) is 11.3 Å². The Labute approximate surface area is 748 Å². The number of fused-ring (bicyclic) bond motifs is 4. The molecule has 3 aromatic carbocycles. The number of hydrogen-bond acceptors (Lipinski definition) is 23. The zero-order chi connectivity index (χ0) is 93.9. The maximum absolute atomic E-state index is 15.5. The molecule has 3 aliphatic heterocycles. The van der Waals surface area contributed by atoms with Crippen LogP contribution in [0.4, 0.5) is 0 Å². The number of H-pyrrole nitrogens is 1. The second kappa shape index (κ2) is 47.9. The molecule has 41 nitrogen and oxygen atoms in total. The molecule has 2 aromatic heterocycles. The van der Waals surface area contributed by atoms with Crippen molar-refractivity contribution in [2.24, 2.45) is 23.1 Å². The fourth-order valence-electron chi connectivity index (χ4n) is 15.4. The number of guanidine groups is 1. The number of nitrogens with two attached hydrogens (primary N) is 3. The number of rotatable bonds is 22. The summed E-state index contributed by atoms with van der Waals surface area (Å²) in [5.74, 6) is -17.9. The van der Waals surface area contributed by atoms with Crippen LogP contribution in [-0.4, -0.2) is 308 Å². The summed E-state index contributed by atoms with van der Waals surface area (Å²) in [6.07, 6.45) is 1.11. The largest absolute Gasteiger partial charge is 0.508 e. The van der Waals surface area contributed by atoms with Crippen LogP contribution in [0.3, 0.4) is 0 Å². The number of primary amides is 2. The molecule has 0 spiro atoms. The van der Waals surface area contributed by atoms with Gasteiger partial charge in [-0.3, -0.25) is 86.9 Å². The number of benzene rings is 3. The monoisotopic (exact) mass is 1820 g/mol. The highest BCUT2D eigenvalue weighted by atomic mass is 32.2. The molecule has 0 bridgehead atoms. The number of nitrogens with zero attached hydrogens (tertiary/aromatic N) is 5. The second-order valence-corrected chi connectivity index (χ2v) is 34.5. The molecular formula is C85H119N21O20S2. The van der Waals surface area contributed by atoms with Gasteiger partial charge in [-0.1, -0.05) is 82.1 Å². The molecule has 5 heterocycles. The first-order valence-corrected chi connectivity index (χ1v) is 44.5. The third-order valence-electron chi connectivity index (χ3n) is 22.7. The molecule has 8 rings (SSSR count). The minimum atomic E-state index is -1.84. The van der Waals surface area contributed by atoms with Gasteiger partial charge in [-0.05, 0) is 123 Å². The summed E-state index contributed by atoms with van der Waals surface area (Å²) in [5.41, 5.74) is 18.8. The molecule has 2 unspecified atom stereocenters. The molecule has 128 heavy (non-hydrogen) atoms. The van der Waals surface area contributed by atoms with Crippen LogP contribution < -0.4 is 75.7 Å². The number of aliphatic hydroxyl groups excluding tert-OH is 2. The Morgan fingerprint density at radius 3 is 1.65 bits per heavy atom. The predicted molar refractivity (Wildman–Crippen MR) is 473 cm³/mol. The van der Waals surface area contributed by atoms with E-state index in [9.17, 15) is 68.1 Å². The number of aromatic nitrogens is 1. The van der Waals surface area contributed by atoms with Gasteiger partial charge in [-0.2, -0.15) is 0 Å². The summed E-state index contributed by atoms with van der Waals surface area (Å²) < 4.78 is 0.818. The van der Waals surface area contributed by atoms with Crippen molar-refractivity contribution >= 4 is 150 Å². The molecule has 17 amide bonds. The summed E-state index contributed by atoms with van der Waals surface area (Å²) in [6, 6.07) is -1.76. The topological polar surface area (TPSA) is 617 Å². The zero-order valence-electron chi connectivity index (χ0n) is 72.9. The number of phenolic OH excluding ortho intramolecular Hbond substituents is 1. The molecule has 14 atom stereocenters. The molecule has 0 saturated carbocycles. The summed E-state index contributed by atoms with van der Waals surface area (Å²) in [5, 5.41) is 71.5. The van der Waals surface area contributed by atoms with Gasteiger partial charge in [0.1, 0.15) is 90.3 Å². The van der Waals surface area contributed by atoms with Crippen LogP contribution in [0.1, 0.15) is 122 Å². The van der Waals surface area contributed by atoms with Gasteiger partial charge < -0.3 is 120 Å². The Bertz CT molecular complexity index is 4860. The van der Waals surface area contributed by atoms with Gasteiger partial charge in [0.25, 0.3) is 0 Å². The predicted octanol–water partition coefficient (Wildman–Crippen LogP) is -3.31. The van der Waals surface area contributed by atoms with Crippen LogP contribution in [-0.2, 0) is 101 Å². The zero-order valence-corrected chi connectivity index (χ0v) is 74.5. The number of hydrogen-bond donors (Lipinski definition) is 19. The number of phenols is 1. The number of amides is 17. The highest BCUT2D eigenvalue weighted by Crippen LogP contribution is 2.30. The van der Waals surface area contributed by atoms with E-state index in [2.05, 4.69) is 63.5 Å². The maximum Gasteiger partial charge on any atom is 0.246 e. The van der Waals surface area contributed by atoms with E-state index in [0.717, 1.165) is 36.1 Å². The van der Waals surface area contributed by atoms with Crippen molar-refractivity contribution in [1.82, 2.24) is 88.0 Å². The van der Waals surface area contributed by atoms with E-state index in [1.807, 2.05) is 25.1 Å². The Balaban J connectivity index is 1.16. The van der Waals surface area contributed by atoms with Crippen LogP contribution in [0.25, 0.3) is 21.0 Å². The average Bonchev–Trinajstić information content (AvgIpc) is 1.61. The van der Waals surface area contributed by atoms with Gasteiger partial charge in [-0.25, -0.2) is 0 Å². The summed E-state index contributed by atoms with van der Waals surface area (Å²) in [4.78, 5) is 255. The fourth-order valence-corrected chi connectivity index (χ4v) is 17.2. The lowest BCUT2D eigenvalue weighted by molar-refractivity contribution is -0.149. The molecule has 3 aliphatic rings. The standard InChI is InChI=1S/C85H119N21O20S2/c1-9-10-22-66-84(126)103(7)47(5)71(113)94-55(21-15-30-90-85(88)89)74(116)101-63(73(115)92-39-69(87)111)43-127-44-70(112)93-58(34-48-26-28-51(109)29-27-48)80(122)102(6)46(4)72(114)96-60(37-68(86)110)83(125)106-32-17-24-65(106)79(121)100-62(41-108)77(119)97-57(33-45(2)3)82(124)105-31-16-23-64(105)78(120)95-56(35-49-38-91-54-20-13-11-18-52(49)54)75(117)99-61(40-107)76(118)98-59(81(123)104(66)8)36-50-42-128-67-25-14-12-19-53(50)67/h11-14,18-20,25-29,38,42,45-47,55-66,91,107-109H,9-10,15-17,21-24,30-37,39-41,43-44H2,1-8H3,(H2,86,110)(H2,87,111)(H,92,115)(H,93,112)(H,94,113)(H,95,120)(H,96,114)(H,97,119)(H,98,118)(H,99,117)(H,100,121)(H,101,116)(H4,88,89,90)/t46-,47-,55-,56-,57?,58-,59-,60-,61-,62-,63?,64-,65-,66-/m0/s1. The third-order valence-corrected chi connectivity index (χ3v) is 24.8. The molecule has 22 N–H and O–H groups in total. The summed E-state index contributed by atoms with van der Waals surface area (Å²) >= 11 is 2.10. The number of aromatic hydroxyl groups is 1. The molecule has 5 aromatic rings. The Kier molecular flexibility index (Phi) is 37.7. The third kappa shape index (κ3) is 27.7. The number of nitrogens with one attached hydrogen (secondary N) is 13. The summed E-state index contributed by atoms with van der Waals surface area (Å²) in [7, 11) is 3.83. The number of para-hydroxylation sites is 1. The second-order valence-electron chi connectivity index (χ2n) is 32.6. The number of unbranched alkanes of at least 4 members (excludes halogenated alkanes) is 1. The molecule has 696 valence electrons. The lowest BCUT2D eigenvalue weighted by Crippen LogP contribution is -2.61. The average molecular weight is 1820 g/mol. The van der Waals surface area contributed by atoms with Crippen molar-refractivity contribution in [3.63, 3.8) is 0 Å². The van der Waals surface area contributed by atoms with Gasteiger partial charge in [0, 0.05) is 87.6 Å².